The van der Waals surface area contributed by atoms with Crippen LogP contribution in [0.3, 0.4) is 0 Å². The van der Waals surface area contributed by atoms with Gasteiger partial charge in [0.1, 0.15) is 11.5 Å². The van der Waals surface area contributed by atoms with Gasteiger partial charge in [-0.15, -0.1) is 0 Å². The van der Waals surface area contributed by atoms with Crippen LogP contribution in [0.4, 0.5) is 5.69 Å². The van der Waals surface area contributed by atoms with E-state index in [1.165, 1.54) is 4.90 Å². The summed E-state index contributed by atoms with van der Waals surface area (Å²) in [4.78, 5) is 28.6. The second-order valence-electron chi connectivity index (χ2n) is 12.0. The number of carbonyl (C=O) groups is 2. The molecule has 3 aromatic rings. The Labute approximate surface area is 225 Å². The maximum Gasteiger partial charge on any atom is 0.300 e. The standard InChI is InChI=1S/C33H37NO4/c1-20-12-15-23(33(5,6)7)18-26(20)29(35)27-28(21-13-16-22(17-14-21)32(2,3)4)34(31(37)30(27)36)24-10-9-11-25(19-24)38-8/h9-19,28,35H,1-8H3/b29-27+. The van der Waals surface area contributed by atoms with Gasteiger partial charge >= 0.3 is 0 Å². The molecule has 1 N–H and O–H groups in total. The van der Waals surface area contributed by atoms with E-state index in [4.69, 9.17) is 4.74 Å². The molecular weight excluding hydrogens is 474 g/mol. The first kappa shape index (κ1) is 27.2. The number of hydrogen-bond acceptors (Lipinski definition) is 4. The van der Waals surface area contributed by atoms with Gasteiger partial charge in [-0.1, -0.05) is 84.0 Å². The number of aliphatic hydroxyl groups is 1. The van der Waals surface area contributed by atoms with Crippen molar-refractivity contribution >= 4 is 23.1 Å². The van der Waals surface area contributed by atoms with Crippen LogP contribution in [0.25, 0.3) is 5.76 Å². The van der Waals surface area contributed by atoms with Crippen molar-refractivity contribution < 1.29 is 19.4 Å². The number of amides is 1. The maximum atomic E-state index is 13.6. The Hall–Kier alpha value is -3.86. The zero-order valence-electron chi connectivity index (χ0n) is 23.5. The fraction of sp³-hybridized carbons (Fsp3) is 0.333. The number of methoxy groups -OCH3 is 1. The summed E-state index contributed by atoms with van der Waals surface area (Å²) in [5, 5.41) is 11.7. The average molecular weight is 512 g/mol. The minimum absolute atomic E-state index is 0.0579. The number of benzene rings is 3. The van der Waals surface area contributed by atoms with Crippen LogP contribution in [0.1, 0.15) is 75.4 Å². The van der Waals surface area contributed by atoms with Crippen molar-refractivity contribution in [2.45, 2.75) is 65.3 Å². The molecule has 0 aliphatic carbocycles. The number of ether oxygens (including phenoxy) is 1. The summed E-state index contributed by atoms with van der Waals surface area (Å²) >= 11 is 0. The average Bonchev–Trinajstić information content (AvgIpc) is 3.13. The molecule has 3 aromatic carbocycles. The Kier molecular flexibility index (Phi) is 7.00. The zero-order valence-corrected chi connectivity index (χ0v) is 23.5. The summed E-state index contributed by atoms with van der Waals surface area (Å²) in [7, 11) is 1.56. The van der Waals surface area contributed by atoms with Crippen molar-refractivity contribution in [3.8, 4) is 5.75 Å². The molecule has 1 aliphatic rings. The summed E-state index contributed by atoms with van der Waals surface area (Å²) in [5.41, 5.74) is 4.67. The van der Waals surface area contributed by atoms with E-state index < -0.39 is 17.7 Å². The first-order valence-corrected chi connectivity index (χ1v) is 12.9. The lowest BCUT2D eigenvalue weighted by atomic mass is 9.84. The van der Waals surface area contributed by atoms with E-state index in [2.05, 4.69) is 41.5 Å². The molecule has 1 heterocycles. The first-order valence-electron chi connectivity index (χ1n) is 12.9. The van der Waals surface area contributed by atoms with Crippen LogP contribution in [0.5, 0.6) is 5.75 Å². The van der Waals surface area contributed by atoms with Crippen LogP contribution in [0, 0.1) is 6.92 Å². The van der Waals surface area contributed by atoms with Gasteiger partial charge in [0.25, 0.3) is 11.7 Å². The SMILES string of the molecule is COc1cccc(N2C(=O)C(=O)/C(=C(/O)c3cc(C(C)(C)C)ccc3C)C2c2ccc(C(C)(C)C)cc2)c1. The molecular formula is C33H37NO4. The van der Waals surface area contributed by atoms with Crippen LogP contribution < -0.4 is 9.64 Å². The first-order chi connectivity index (χ1) is 17.7. The third kappa shape index (κ3) is 4.98. The molecule has 1 amide bonds. The van der Waals surface area contributed by atoms with Crippen molar-refractivity contribution in [3.05, 3.63) is 100 Å². The number of aryl methyl sites for hydroxylation is 1. The summed E-state index contributed by atoms with van der Waals surface area (Å²) < 4.78 is 5.39. The molecule has 0 bridgehead atoms. The van der Waals surface area contributed by atoms with Crippen molar-refractivity contribution in [1.82, 2.24) is 0 Å². The van der Waals surface area contributed by atoms with Gasteiger partial charge in [0.15, 0.2) is 0 Å². The largest absolute Gasteiger partial charge is 0.507 e. The number of aliphatic hydroxyl groups excluding tert-OH is 1. The van der Waals surface area contributed by atoms with E-state index in [-0.39, 0.29) is 22.2 Å². The highest BCUT2D eigenvalue weighted by Crippen LogP contribution is 2.44. The topological polar surface area (TPSA) is 66.8 Å². The molecule has 0 radical (unpaired) electrons. The molecule has 5 nitrogen and oxygen atoms in total. The smallest absolute Gasteiger partial charge is 0.300 e. The van der Waals surface area contributed by atoms with Crippen LogP contribution in [-0.2, 0) is 20.4 Å². The molecule has 1 atom stereocenters. The lowest BCUT2D eigenvalue weighted by Crippen LogP contribution is -2.29. The van der Waals surface area contributed by atoms with Gasteiger partial charge in [0, 0.05) is 17.3 Å². The van der Waals surface area contributed by atoms with E-state index in [0.29, 0.717) is 17.0 Å². The van der Waals surface area contributed by atoms with Gasteiger partial charge < -0.3 is 9.84 Å². The number of nitrogens with zero attached hydrogens (tertiary/aromatic N) is 1. The molecule has 5 heteroatoms. The molecule has 0 spiro atoms. The van der Waals surface area contributed by atoms with Crippen molar-refractivity contribution in [2.24, 2.45) is 0 Å². The van der Waals surface area contributed by atoms with Crippen molar-refractivity contribution in [1.29, 1.82) is 0 Å². The van der Waals surface area contributed by atoms with Crippen molar-refractivity contribution in [3.63, 3.8) is 0 Å². The Morgan fingerprint density at radius 3 is 2.03 bits per heavy atom. The molecule has 4 rings (SSSR count). The highest BCUT2D eigenvalue weighted by atomic mass is 16.5. The Balaban J connectivity index is 1.98. The molecule has 198 valence electrons. The monoisotopic (exact) mass is 511 g/mol. The van der Waals surface area contributed by atoms with E-state index in [1.807, 2.05) is 49.4 Å². The predicted octanol–water partition coefficient (Wildman–Crippen LogP) is 7.22. The quantitative estimate of drug-likeness (QED) is 0.228. The lowest BCUT2D eigenvalue weighted by molar-refractivity contribution is -0.132. The van der Waals surface area contributed by atoms with Gasteiger partial charge in [-0.3, -0.25) is 14.5 Å². The number of rotatable bonds is 4. The molecule has 1 unspecified atom stereocenters. The molecule has 1 aliphatic heterocycles. The number of carbonyl (C=O) groups excluding carboxylic acids is 2. The molecule has 1 saturated heterocycles. The number of ketones is 1. The fourth-order valence-corrected chi connectivity index (χ4v) is 4.83. The number of anilines is 1. The van der Waals surface area contributed by atoms with Crippen molar-refractivity contribution in [2.75, 3.05) is 12.0 Å². The minimum Gasteiger partial charge on any atom is -0.507 e. The normalized spacial score (nSPS) is 17.7. The van der Waals surface area contributed by atoms with E-state index in [1.54, 1.807) is 31.4 Å². The molecule has 0 aromatic heterocycles. The minimum atomic E-state index is -0.797. The van der Waals surface area contributed by atoms with E-state index in [0.717, 1.165) is 22.3 Å². The highest BCUT2D eigenvalue weighted by molar-refractivity contribution is 6.51. The highest BCUT2D eigenvalue weighted by Gasteiger charge is 2.47. The van der Waals surface area contributed by atoms with E-state index in [9.17, 15) is 14.7 Å². The van der Waals surface area contributed by atoms with Gasteiger partial charge in [-0.05, 0) is 58.2 Å². The summed E-state index contributed by atoms with van der Waals surface area (Å²) in [6, 6.07) is 20.1. The van der Waals surface area contributed by atoms with E-state index >= 15 is 0 Å². The van der Waals surface area contributed by atoms with Gasteiger partial charge in [0.05, 0.1) is 18.7 Å². The molecule has 38 heavy (non-hydrogen) atoms. The van der Waals surface area contributed by atoms with Gasteiger partial charge in [0.2, 0.25) is 0 Å². The van der Waals surface area contributed by atoms with Crippen LogP contribution >= 0.6 is 0 Å². The summed E-state index contributed by atoms with van der Waals surface area (Å²) in [5.74, 6) is -0.993. The van der Waals surface area contributed by atoms with Crippen LogP contribution in [0.15, 0.2) is 72.3 Å². The maximum absolute atomic E-state index is 13.6. The molecule has 1 fully saturated rings. The second kappa shape index (κ2) is 9.79. The fourth-order valence-electron chi connectivity index (χ4n) is 4.83. The summed E-state index contributed by atoms with van der Waals surface area (Å²) in [6.45, 7) is 14.6. The Morgan fingerprint density at radius 1 is 0.842 bits per heavy atom. The predicted molar refractivity (Wildman–Crippen MR) is 153 cm³/mol. The third-order valence-electron chi connectivity index (χ3n) is 7.23. The Bertz CT molecular complexity index is 1420. The van der Waals surface area contributed by atoms with Crippen LogP contribution in [-0.4, -0.2) is 23.9 Å². The summed E-state index contributed by atoms with van der Waals surface area (Å²) in [6.07, 6.45) is 0. The third-order valence-corrected chi connectivity index (χ3v) is 7.23. The van der Waals surface area contributed by atoms with Gasteiger partial charge in [-0.25, -0.2) is 0 Å². The lowest BCUT2D eigenvalue weighted by Gasteiger charge is -2.27. The number of Topliss-reactive ketones (excluding diaryl/α,β-unsaturated/α-hetero) is 1. The van der Waals surface area contributed by atoms with Crippen LogP contribution in [0.2, 0.25) is 0 Å². The zero-order chi connectivity index (χ0) is 28.0. The second-order valence-corrected chi connectivity index (χ2v) is 12.0. The van der Waals surface area contributed by atoms with Gasteiger partial charge in [-0.2, -0.15) is 0 Å². The number of hydrogen-bond donors (Lipinski definition) is 1. The Morgan fingerprint density at radius 2 is 1.45 bits per heavy atom. The molecule has 0 saturated carbocycles.